The molecular formula is C18H21NO5. The summed E-state index contributed by atoms with van der Waals surface area (Å²) in [5, 5.41) is 30.2. The van der Waals surface area contributed by atoms with Gasteiger partial charge in [0, 0.05) is 12.2 Å². The summed E-state index contributed by atoms with van der Waals surface area (Å²) in [4.78, 5) is 22.4. The highest BCUT2D eigenvalue weighted by Crippen LogP contribution is 2.21. The van der Waals surface area contributed by atoms with Gasteiger partial charge in [-0.1, -0.05) is 44.2 Å². The number of carboxylic acid groups (broad SMARTS) is 2. The summed E-state index contributed by atoms with van der Waals surface area (Å²) < 4.78 is 0. The number of hydrogen-bond donors (Lipinski definition) is 4. The SMILES string of the molecule is CC.O=C(O)c1cccc(NCc2ccc(CO)cc2)c1C(=O)O. The molecule has 24 heavy (non-hydrogen) atoms. The molecule has 0 amide bonds. The average molecular weight is 331 g/mol. The second kappa shape index (κ2) is 9.32. The van der Waals surface area contributed by atoms with Crippen LogP contribution in [-0.4, -0.2) is 27.3 Å². The van der Waals surface area contributed by atoms with Crippen molar-refractivity contribution in [3.05, 3.63) is 64.7 Å². The second-order valence-corrected chi connectivity index (χ2v) is 4.67. The third-order valence-corrected chi connectivity index (χ3v) is 3.20. The number of anilines is 1. The van der Waals surface area contributed by atoms with Gasteiger partial charge in [0.1, 0.15) is 0 Å². The average Bonchev–Trinajstić information content (AvgIpc) is 2.61. The number of aliphatic hydroxyl groups is 1. The highest BCUT2D eigenvalue weighted by Gasteiger charge is 2.19. The molecule has 0 aliphatic carbocycles. The summed E-state index contributed by atoms with van der Waals surface area (Å²) in [7, 11) is 0. The molecule has 0 saturated carbocycles. The Morgan fingerprint density at radius 3 is 2.00 bits per heavy atom. The number of carboxylic acids is 2. The minimum absolute atomic E-state index is 0.0441. The van der Waals surface area contributed by atoms with Crippen LogP contribution in [0.15, 0.2) is 42.5 Å². The minimum Gasteiger partial charge on any atom is -0.478 e. The van der Waals surface area contributed by atoms with Crippen LogP contribution in [-0.2, 0) is 13.2 Å². The molecule has 128 valence electrons. The first kappa shape index (κ1) is 19.2. The highest BCUT2D eigenvalue weighted by molar-refractivity contribution is 6.05. The Balaban J connectivity index is 0.00000139. The van der Waals surface area contributed by atoms with E-state index in [9.17, 15) is 14.7 Å². The Morgan fingerprint density at radius 2 is 1.50 bits per heavy atom. The lowest BCUT2D eigenvalue weighted by Crippen LogP contribution is -2.12. The normalized spacial score (nSPS) is 9.62. The summed E-state index contributed by atoms with van der Waals surface area (Å²) in [6.45, 7) is 4.30. The van der Waals surface area contributed by atoms with Crippen LogP contribution in [0, 0.1) is 0 Å². The molecule has 0 aliphatic rings. The van der Waals surface area contributed by atoms with Gasteiger partial charge in [-0.05, 0) is 23.3 Å². The van der Waals surface area contributed by atoms with Gasteiger partial charge in [0.05, 0.1) is 17.7 Å². The van der Waals surface area contributed by atoms with Gasteiger partial charge in [-0.2, -0.15) is 0 Å². The summed E-state index contributed by atoms with van der Waals surface area (Å²) in [5.74, 6) is -2.58. The standard InChI is InChI=1S/C16H15NO5.C2H6/c18-9-11-6-4-10(5-7-11)8-17-13-3-1-2-12(15(19)20)14(13)16(21)22;1-2/h1-7,17-18H,8-9H2,(H,19,20)(H,21,22);1-2H3. The lowest BCUT2D eigenvalue weighted by molar-refractivity contribution is 0.0652. The molecule has 0 spiro atoms. The predicted molar refractivity (Wildman–Crippen MR) is 91.4 cm³/mol. The predicted octanol–water partition coefficient (Wildman–Crippen LogP) is 3.21. The number of benzene rings is 2. The first-order valence-electron chi connectivity index (χ1n) is 7.55. The topological polar surface area (TPSA) is 107 Å². The van der Waals surface area contributed by atoms with Crippen molar-refractivity contribution < 1.29 is 24.9 Å². The van der Waals surface area contributed by atoms with Crippen LogP contribution in [0.3, 0.4) is 0 Å². The molecular weight excluding hydrogens is 310 g/mol. The zero-order valence-corrected chi connectivity index (χ0v) is 13.6. The van der Waals surface area contributed by atoms with Crippen molar-refractivity contribution in [1.82, 2.24) is 0 Å². The molecule has 0 aliphatic heterocycles. The molecule has 2 aromatic rings. The van der Waals surface area contributed by atoms with E-state index in [0.717, 1.165) is 11.1 Å². The van der Waals surface area contributed by atoms with Crippen molar-refractivity contribution in [1.29, 1.82) is 0 Å². The van der Waals surface area contributed by atoms with Crippen LogP contribution in [0.1, 0.15) is 45.7 Å². The summed E-state index contributed by atoms with van der Waals surface area (Å²) >= 11 is 0. The number of nitrogens with one attached hydrogen (secondary N) is 1. The number of hydrogen-bond acceptors (Lipinski definition) is 4. The molecule has 0 radical (unpaired) electrons. The van der Waals surface area contributed by atoms with Crippen LogP contribution in [0.4, 0.5) is 5.69 Å². The van der Waals surface area contributed by atoms with Crippen LogP contribution in [0.2, 0.25) is 0 Å². The minimum atomic E-state index is -1.30. The zero-order valence-electron chi connectivity index (χ0n) is 13.6. The van der Waals surface area contributed by atoms with Gasteiger partial charge in [0.25, 0.3) is 0 Å². The maximum Gasteiger partial charge on any atom is 0.338 e. The van der Waals surface area contributed by atoms with Crippen LogP contribution in [0.5, 0.6) is 0 Å². The van der Waals surface area contributed by atoms with E-state index in [2.05, 4.69) is 5.32 Å². The molecule has 6 nitrogen and oxygen atoms in total. The fourth-order valence-corrected chi connectivity index (χ4v) is 2.07. The van der Waals surface area contributed by atoms with Crippen molar-refractivity contribution >= 4 is 17.6 Å². The van der Waals surface area contributed by atoms with Crippen molar-refractivity contribution in [2.24, 2.45) is 0 Å². The van der Waals surface area contributed by atoms with E-state index in [0.29, 0.717) is 6.54 Å². The van der Waals surface area contributed by atoms with Crippen molar-refractivity contribution in [2.45, 2.75) is 27.0 Å². The Hall–Kier alpha value is -2.86. The molecule has 0 heterocycles. The third kappa shape index (κ3) is 4.82. The van der Waals surface area contributed by atoms with E-state index in [4.69, 9.17) is 10.2 Å². The van der Waals surface area contributed by atoms with Crippen LogP contribution < -0.4 is 5.32 Å². The highest BCUT2D eigenvalue weighted by atomic mass is 16.4. The van der Waals surface area contributed by atoms with Gasteiger partial charge in [-0.15, -0.1) is 0 Å². The van der Waals surface area contributed by atoms with Crippen molar-refractivity contribution in [2.75, 3.05) is 5.32 Å². The van der Waals surface area contributed by atoms with Gasteiger partial charge in [-0.3, -0.25) is 0 Å². The molecule has 0 atom stereocenters. The van der Waals surface area contributed by atoms with Gasteiger partial charge in [0.15, 0.2) is 0 Å². The number of aromatic carboxylic acids is 2. The van der Waals surface area contributed by atoms with E-state index in [-0.39, 0.29) is 23.4 Å². The molecule has 0 aromatic heterocycles. The Morgan fingerprint density at radius 1 is 0.917 bits per heavy atom. The van der Waals surface area contributed by atoms with Gasteiger partial charge < -0.3 is 20.6 Å². The van der Waals surface area contributed by atoms with Gasteiger partial charge >= 0.3 is 11.9 Å². The first-order chi connectivity index (χ1) is 11.5. The van der Waals surface area contributed by atoms with Gasteiger partial charge in [0.2, 0.25) is 0 Å². The quantitative estimate of drug-likeness (QED) is 0.647. The molecule has 6 heteroatoms. The fourth-order valence-electron chi connectivity index (χ4n) is 2.07. The van der Waals surface area contributed by atoms with E-state index in [1.165, 1.54) is 18.2 Å². The Kier molecular flexibility index (Phi) is 7.45. The summed E-state index contributed by atoms with van der Waals surface area (Å²) in [5.41, 5.74) is 1.39. The van der Waals surface area contributed by atoms with Crippen LogP contribution >= 0.6 is 0 Å². The van der Waals surface area contributed by atoms with E-state index in [1.807, 2.05) is 13.8 Å². The monoisotopic (exact) mass is 331 g/mol. The zero-order chi connectivity index (χ0) is 18.1. The van der Waals surface area contributed by atoms with E-state index >= 15 is 0 Å². The first-order valence-corrected chi connectivity index (χ1v) is 7.55. The number of aliphatic hydroxyl groups excluding tert-OH is 1. The molecule has 2 rings (SSSR count). The summed E-state index contributed by atoms with van der Waals surface area (Å²) in [6.07, 6.45) is 0. The van der Waals surface area contributed by atoms with E-state index < -0.39 is 11.9 Å². The third-order valence-electron chi connectivity index (χ3n) is 3.20. The van der Waals surface area contributed by atoms with Crippen molar-refractivity contribution in [3.8, 4) is 0 Å². The Labute approximate surface area is 140 Å². The van der Waals surface area contributed by atoms with Gasteiger partial charge in [-0.25, -0.2) is 9.59 Å². The summed E-state index contributed by atoms with van der Waals surface area (Å²) in [6, 6.07) is 11.4. The lowest BCUT2D eigenvalue weighted by atomic mass is 10.0. The molecule has 4 N–H and O–H groups in total. The largest absolute Gasteiger partial charge is 0.478 e. The maximum absolute atomic E-state index is 11.3. The molecule has 2 aromatic carbocycles. The Bertz CT molecular complexity index is 695. The smallest absolute Gasteiger partial charge is 0.338 e. The molecule has 0 unspecified atom stereocenters. The fraction of sp³-hybridized carbons (Fsp3) is 0.222. The molecule has 0 bridgehead atoms. The lowest BCUT2D eigenvalue weighted by Gasteiger charge is -2.12. The second-order valence-electron chi connectivity index (χ2n) is 4.67. The maximum atomic E-state index is 11.3. The van der Waals surface area contributed by atoms with Crippen molar-refractivity contribution in [3.63, 3.8) is 0 Å². The molecule has 0 saturated heterocycles. The van der Waals surface area contributed by atoms with Crippen LogP contribution in [0.25, 0.3) is 0 Å². The number of carbonyl (C=O) groups is 2. The molecule has 0 fully saturated rings. The number of rotatable bonds is 6. The van der Waals surface area contributed by atoms with E-state index in [1.54, 1.807) is 24.3 Å².